The molecule has 1 aromatic heterocycles. The zero-order valence-electron chi connectivity index (χ0n) is 21.9. The Hall–Kier alpha value is -3.64. The van der Waals surface area contributed by atoms with Gasteiger partial charge in [0.2, 0.25) is 5.91 Å². The van der Waals surface area contributed by atoms with Gasteiger partial charge < -0.3 is 14.8 Å². The van der Waals surface area contributed by atoms with E-state index in [2.05, 4.69) is 15.5 Å². The molecule has 0 saturated carbocycles. The number of anilines is 2. The van der Waals surface area contributed by atoms with Crippen LogP contribution in [0.1, 0.15) is 40.9 Å². The number of carbonyl (C=O) groups excluding carboxylic acids is 2. The van der Waals surface area contributed by atoms with Crippen molar-refractivity contribution in [3.05, 3.63) is 65.5 Å². The van der Waals surface area contributed by atoms with Crippen LogP contribution < -0.4 is 15.0 Å². The Morgan fingerprint density at radius 1 is 1.15 bits per heavy atom. The fraction of sp³-hybridized carbons (Fsp3) is 0.357. The van der Waals surface area contributed by atoms with Crippen molar-refractivity contribution in [1.82, 2.24) is 10.2 Å². The second-order valence-electron chi connectivity index (χ2n) is 9.81. The molecule has 5 rings (SSSR count). The van der Waals surface area contributed by atoms with Crippen molar-refractivity contribution in [2.24, 2.45) is 0 Å². The molecule has 0 bridgehead atoms. The van der Waals surface area contributed by atoms with Gasteiger partial charge in [-0.15, -0.1) is 16.9 Å². The second-order valence-corrected chi connectivity index (χ2v) is 10.6. The molecule has 0 aliphatic carbocycles. The van der Waals surface area contributed by atoms with Gasteiger partial charge in [0.1, 0.15) is 11.4 Å². The van der Waals surface area contributed by atoms with Crippen molar-refractivity contribution in [1.29, 1.82) is 0 Å². The molecule has 3 heterocycles. The lowest BCUT2D eigenvalue weighted by molar-refractivity contribution is -0.138. The molecule has 210 valence electrons. The highest BCUT2D eigenvalue weighted by Gasteiger charge is 2.40. The predicted octanol–water partition coefficient (Wildman–Crippen LogP) is 5.71. The third-order valence-electron chi connectivity index (χ3n) is 7.02. The number of benzene rings is 2. The Kier molecular flexibility index (Phi) is 7.74. The van der Waals surface area contributed by atoms with Gasteiger partial charge in [-0.2, -0.15) is 18.3 Å². The van der Waals surface area contributed by atoms with Gasteiger partial charge in [0.15, 0.2) is 5.69 Å². The molecule has 2 aliphatic heterocycles. The van der Waals surface area contributed by atoms with Gasteiger partial charge >= 0.3 is 6.18 Å². The van der Waals surface area contributed by atoms with Crippen molar-refractivity contribution < 1.29 is 32.2 Å². The first-order valence-electron chi connectivity index (χ1n) is 12.6. The van der Waals surface area contributed by atoms with E-state index in [1.807, 2.05) is 31.2 Å². The lowest BCUT2D eigenvalue weighted by Gasteiger charge is -2.35. The Morgan fingerprint density at radius 2 is 1.93 bits per heavy atom. The Labute approximate surface area is 233 Å². The third kappa shape index (κ3) is 5.78. The summed E-state index contributed by atoms with van der Waals surface area (Å²) in [4.78, 5) is 27.3. The summed E-state index contributed by atoms with van der Waals surface area (Å²) in [5, 5.41) is 10.0. The molecule has 2 aromatic carbocycles. The van der Waals surface area contributed by atoms with E-state index in [1.54, 1.807) is 18.4 Å². The van der Waals surface area contributed by atoms with E-state index in [0.29, 0.717) is 55.4 Å². The average Bonchev–Trinajstić information content (AvgIpc) is 3.06. The highest BCUT2D eigenvalue weighted by molar-refractivity contribution is 7.98. The molecule has 40 heavy (non-hydrogen) atoms. The van der Waals surface area contributed by atoms with E-state index in [-0.39, 0.29) is 18.2 Å². The Morgan fingerprint density at radius 3 is 2.65 bits per heavy atom. The third-order valence-corrected chi connectivity index (χ3v) is 7.53. The summed E-state index contributed by atoms with van der Waals surface area (Å²) < 4.78 is 51.7. The van der Waals surface area contributed by atoms with Crippen LogP contribution in [-0.4, -0.2) is 53.0 Å². The maximum absolute atomic E-state index is 13.4. The van der Waals surface area contributed by atoms with Crippen LogP contribution in [0.15, 0.2) is 48.7 Å². The summed E-state index contributed by atoms with van der Waals surface area (Å²) in [5.74, 6) is -0.0811. The second kappa shape index (κ2) is 11.1. The summed E-state index contributed by atoms with van der Waals surface area (Å²) in [6, 6.07) is 11.6. The molecule has 1 spiro atoms. The number of amides is 2. The largest absolute Gasteiger partial charge is 0.484 e. The monoisotopic (exact) mass is 572 g/mol. The van der Waals surface area contributed by atoms with Crippen LogP contribution in [0.3, 0.4) is 0 Å². The number of aromatic nitrogens is 2. The minimum absolute atomic E-state index is 0.115. The number of ether oxygens (including phenoxy) is 2. The van der Waals surface area contributed by atoms with E-state index in [0.717, 1.165) is 16.7 Å². The number of thioether (sulfide) groups is 1. The first-order chi connectivity index (χ1) is 19.1. The lowest BCUT2D eigenvalue weighted by Crippen LogP contribution is -2.43. The number of nitrogens with zero attached hydrogens (tertiary/aromatic N) is 3. The van der Waals surface area contributed by atoms with Crippen LogP contribution in [0.25, 0.3) is 11.1 Å². The standard InChI is InChI=1S/C28H27F3N4O4S/c1-17-3-5-20(35(16-40-2)26(37)23-12-19(15-32-34-23)28(29,30)31)13-21(17)18-4-6-22-24(11-18)39-27(14-25(36)33-22)7-9-38-10-8-27/h3-6,11-13,15H,7-10,14,16H2,1-2H3,(H,33,36). The fourth-order valence-electron chi connectivity index (χ4n) is 4.89. The summed E-state index contributed by atoms with van der Waals surface area (Å²) in [6.07, 6.45) is -0.836. The maximum Gasteiger partial charge on any atom is 0.418 e. The van der Waals surface area contributed by atoms with Crippen LogP contribution >= 0.6 is 11.8 Å². The van der Waals surface area contributed by atoms with E-state index in [9.17, 15) is 22.8 Å². The molecule has 1 fully saturated rings. The first-order valence-corrected chi connectivity index (χ1v) is 14.0. The van der Waals surface area contributed by atoms with Gasteiger partial charge in [-0.1, -0.05) is 12.1 Å². The van der Waals surface area contributed by atoms with Crippen LogP contribution in [0.4, 0.5) is 24.5 Å². The number of hydrogen-bond acceptors (Lipinski definition) is 7. The Bertz CT molecular complexity index is 1440. The van der Waals surface area contributed by atoms with Crippen molar-refractivity contribution in [2.75, 3.05) is 35.6 Å². The van der Waals surface area contributed by atoms with Crippen LogP contribution in [0, 0.1) is 6.92 Å². The molecule has 0 unspecified atom stereocenters. The van der Waals surface area contributed by atoms with Gasteiger partial charge in [-0.3, -0.25) is 14.5 Å². The molecule has 0 radical (unpaired) electrons. The Balaban J connectivity index is 1.50. The summed E-state index contributed by atoms with van der Waals surface area (Å²) >= 11 is 1.34. The first kappa shape index (κ1) is 27.9. The number of rotatable bonds is 5. The van der Waals surface area contributed by atoms with Crippen molar-refractivity contribution in [3.8, 4) is 16.9 Å². The average molecular weight is 573 g/mol. The highest BCUT2D eigenvalue weighted by atomic mass is 32.2. The lowest BCUT2D eigenvalue weighted by atomic mass is 9.90. The number of aryl methyl sites for hydroxylation is 1. The van der Waals surface area contributed by atoms with Crippen molar-refractivity contribution >= 4 is 35.0 Å². The van der Waals surface area contributed by atoms with Crippen LogP contribution in [0.5, 0.6) is 5.75 Å². The molecule has 8 nitrogen and oxygen atoms in total. The minimum Gasteiger partial charge on any atom is -0.484 e. The number of halogens is 3. The molecule has 2 aliphatic rings. The van der Waals surface area contributed by atoms with Crippen LogP contribution in [0.2, 0.25) is 0 Å². The minimum atomic E-state index is -4.65. The van der Waals surface area contributed by atoms with Crippen molar-refractivity contribution in [3.63, 3.8) is 0 Å². The van der Waals surface area contributed by atoms with Gasteiger partial charge in [0, 0.05) is 18.5 Å². The highest BCUT2D eigenvalue weighted by Crippen LogP contribution is 2.41. The summed E-state index contributed by atoms with van der Waals surface area (Å²) in [6.45, 7) is 2.95. The van der Waals surface area contributed by atoms with E-state index >= 15 is 0 Å². The van der Waals surface area contributed by atoms with Gasteiger partial charge in [-0.05, 0) is 60.2 Å². The quantitative estimate of drug-likeness (QED) is 0.392. The van der Waals surface area contributed by atoms with E-state index in [4.69, 9.17) is 9.47 Å². The summed E-state index contributed by atoms with van der Waals surface area (Å²) in [5.41, 5.74) is 1.49. The zero-order chi connectivity index (χ0) is 28.5. The molecule has 1 saturated heterocycles. The SMILES string of the molecule is CSCN(C(=O)c1cc(C(F)(F)F)cnn1)c1ccc(C)c(-c2ccc3c(c2)OC2(CCOCC2)CC(=O)N3)c1. The van der Waals surface area contributed by atoms with Gasteiger partial charge in [-0.25, -0.2) is 0 Å². The zero-order valence-corrected chi connectivity index (χ0v) is 22.7. The molecular weight excluding hydrogens is 545 g/mol. The fourth-order valence-corrected chi connectivity index (χ4v) is 5.41. The van der Waals surface area contributed by atoms with Gasteiger partial charge in [0.05, 0.1) is 43.0 Å². The smallest absolute Gasteiger partial charge is 0.418 e. The number of carbonyl (C=O) groups is 2. The topological polar surface area (TPSA) is 93.7 Å². The van der Waals surface area contributed by atoms with Crippen LogP contribution in [-0.2, 0) is 15.7 Å². The molecule has 0 atom stereocenters. The van der Waals surface area contributed by atoms with E-state index in [1.165, 1.54) is 16.7 Å². The van der Waals surface area contributed by atoms with E-state index < -0.39 is 28.9 Å². The van der Waals surface area contributed by atoms with Crippen molar-refractivity contribution in [2.45, 2.75) is 38.0 Å². The number of alkyl halides is 3. The number of hydrogen-bond donors (Lipinski definition) is 1. The normalized spacial score (nSPS) is 16.5. The predicted molar refractivity (Wildman–Crippen MR) is 145 cm³/mol. The molecule has 3 aromatic rings. The van der Waals surface area contributed by atoms with Gasteiger partial charge in [0.25, 0.3) is 5.91 Å². The molecule has 2 amide bonds. The molecule has 1 N–H and O–H groups in total. The maximum atomic E-state index is 13.4. The number of nitrogens with one attached hydrogen (secondary N) is 1. The molecule has 12 heteroatoms. The number of fused-ring (bicyclic) bond motifs is 1. The molecular formula is C28H27F3N4O4S. The summed E-state index contributed by atoms with van der Waals surface area (Å²) in [7, 11) is 0.